The van der Waals surface area contributed by atoms with E-state index < -0.39 is 0 Å². The monoisotopic (exact) mass is 281 g/mol. The van der Waals surface area contributed by atoms with Gasteiger partial charge < -0.3 is 10.6 Å². The number of amides is 1. The molecule has 4 nitrogen and oxygen atoms in total. The number of hydrogen-bond acceptors (Lipinski definition) is 3. The van der Waals surface area contributed by atoms with Crippen molar-refractivity contribution in [1.82, 2.24) is 9.80 Å². The summed E-state index contributed by atoms with van der Waals surface area (Å²) in [4.78, 5) is 17.0. The maximum atomic E-state index is 12.6. The zero-order chi connectivity index (χ0) is 14.7. The highest BCUT2D eigenvalue weighted by atomic mass is 16.2. The van der Waals surface area contributed by atoms with Crippen LogP contribution in [0, 0.1) is 11.8 Å². The second kappa shape index (κ2) is 6.90. The lowest BCUT2D eigenvalue weighted by atomic mass is 9.91. The smallest absolute Gasteiger partial charge is 0.236 e. The summed E-state index contributed by atoms with van der Waals surface area (Å²) >= 11 is 0. The van der Waals surface area contributed by atoms with E-state index in [1.165, 1.54) is 19.3 Å². The first kappa shape index (κ1) is 15.8. The molecule has 0 aliphatic carbocycles. The van der Waals surface area contributed by atoms with Gasteiger partial charge in [0.2, 0.25) is 5.91 Å². The molecule has 4 heteroatoms. The number of nitrogens with zero attached hydrogens (tertiary/aromatic N) is 2. The summed E-state index contributed by atoms with van der Waals surface area (Å²) in [7, 11) is 0. The SMILES string of the molecule is CC1CC(C)CN(C(=O)CN2C(C)CCCC2CN)C1. The molecule has 2 rings (SSSR count). The lowest BCUT2D eigenvalue weighted by Crippen LogP contribution is -2.54. The summed E-state index contributed by atoms with van der Waals surface area (Å²) in [5, 5.41) is 0. The van der Waals surface area contributed by atoms with Crippen LogP contribution in [0.3, 0.4) is 0 Å². The highest BCUT2D eigenvalue weighted by Gasteiger charge is 2.31. The highest BCUT2D eigenvalue weighted by molar-refractivity contribution is 5.78. The molecule has 0 bridgehead atoms. The van der Waals surface area contributed by atoms with Crippen LogP contribution in [0.2, 0.25) is 0 Å². The minimum atomic E-state index is 0.301. The molecule has 2 aliphatic heterocycles. The molecule has 0 saturated carbocycles. The number of carbonyl (C=O) groups is 1. The van der Waals surface area contributed by atoms with Crippen LogP contribution in [0.15, 0.2) is 0 Å². The molecule has 2 N–H and O–H groups in total. The number of rotatable bonds is 3. The summed E-state index contributed by atoms with van der Waals surface area (Å²) in [6, 6.07) is 0.878. The molecule has 0 aromatic rings. The lowest BCUT2D eigenvalue weighted by Gasteiger charge is -2.42. The molecule has 0 aromatic carbocycles. The van der Waals surface area contributed by atoms with E-state index in [1.54, 1.807) is 0 Å². The maximum Gasteiger partial charge on any atom is 0.236 e. The molecular weight excluding hydrogens is 250 g/mol. The van der Waals surface area contributed by atoms with Crippen molar-refractivity contribution in [3.05, 3.63) is 0 Å². The zero-order valence-corrected chi connectivity index (χ0v) is 13.3. The van der Waals surface area contributed by atoms with Crippen LogP contribution in [0.1, 0.15) is 46.5 Å². The van der Waals surface area contributed by atoms with E-state index in [0.717, 1.165) is 19.5 Å². The second-order valence-electron chi connectivity index (χ2n) is 7.09. The van der Waals surface area contributed by atoms with Crippen molar-refractivity contribution in [2.24, 2.45) is 17.6 Å². The van der Waals surface area contributed by atoms with Gasteiger partial charge in [-0.3, -0.25) is 9.69 Å². The van der Waals surface area contributed by atoms with Crippen LogP contribution < -0.4 is 5.73 Å². The van der Waals surface area contributed by atoms with Gasteiger partial charge in [-0.25, -0.2) is 0 Å². The van der Waals surface area contributed by atoms with Crippen molar-refractivity contribution in [3.63, 3.8) is 0 Å². The number of likely N-dealkylation sites (tertiary alicyclic amines) is 2. The van der Waals surface area contributed by atoms with Crippen molar-refractivity contribution in [2.45, 2.75) is 58.5 Å². The molecule has 0 aromatic heterocycles. The van der Waals surface area contributed by atoms with Gasteiger partial charge in [0.1, 0.15) is 0 Å². The molecular formula is C16H31N3O. The van der Waals surface area contributed by atoms with Gasteiger partial charge in [0.15, 0.2) is 0 Å². The highest BCUT2D eigenvalue weighted by Crippen LogP contribution is 2.24. The van der Waals surface area contributed by atoms with Crippen LogP contribution in [0.25, 0.3) is 0 Å². The van der Waals surface area contributed by atoms with Gasteiger partial charge in [0.25, 0.3) is 0 Å². The Labute approximate surface area is 123 Å². The predicted molar refractivity (Wildman–Crippen MR) is 82.4 cm³/mol. The van der Waals surface area contributed by atoms with Gasteiger partial charge in [-0.2, -0.15) is 0 Å². The van der Waals surface area contributed by atoms with Crippen LogP contribution in [0.5, 0.6) is 0 Å². The third-order valence-electron chi connectivity index (χ3n) is 5.01. The van der Waals surface area contributed by atoms with Gasteiger partial charge in [0, 0.05) is 31.7 Å². The summed E-state index contributed by atoms with van der Waals surface area (Å²) in [5.74, 6) is 1.56. The van der Waals surface area contributed by atoms with Crippen LogP contribution in [-0.4, -0.2) is 54.0 Å². The molecule has 2 heterocycles. The number of nitrogens with two attached hydrogens (primary N) is 1. The summed E-state index contributed by atoms with van der Waals surface area (Å²) in [6.45, 7) is 9.82. The van der Waals surface area contributed by atoms with Crippen LogP contribution in [-0.2, 0) is 4.79 Å². The third kappa shape index (κ3) is 3.73. The molecule has 0 spiro atoms. The largest absolute Gasteiger partial charge is 0.341 e. The van der Waals surface area contributed by atoms with E-state index >= 15 is 0 Å². The lowest BCUT2D eigenvalue weighted by molar-refractivity contribution is -0.136. The molecule has 2 fully saturated rings. The molecule has 2 saturated heterocycles. The molecule has 20 heavy (non-hydrogen) atoms. The first-order chi connectivity index (χ1) is 9.51. The Morgan fingerprint density at radius 2 is 1.80 bits per heavy atom. The van der Waals surface area contributed by atoms with Crippen molar-refractivity contribution in [3.8, 4) is 0 Å². The molecule has 1 amide bonds. The quantitative estimate of drug-likeness (QED) is 0.856. The van der Waals surface area contributed by atoms with Crippen molar-refractivity contribution < 1.29 is 4.79 Å². The average molecular weight is 281 g/mol. The number of carbonyl (C=O) groups excluding carboxylic acids is 1. The third-order valence-corrected chi connectivity index (χ3v) is 5.01. The normalized spacial score (nSPS) is 36.1. The fourth-order valence-corrected chi connectivity index (χ4v) is 4.00. The van der Waals surface area contributed by atoms with Gasteiger partial charge in [-0.1, -0.05) is 20.3 Å². The Bertz CT molecular complexity index is 324. The molecule has 0 radical (unpaired) electrons. The summed E-state index contributed by atoms with van der Waals surface area (Å²) in [5.41, 5.74) is 5.89. The Morgan fingerprint density at radius 1 is 1.15 bits per heavy atom. The van der Waals surface area contributed by atoms with E-state index in [1.807, 2.05) is 0 Å². The summed E-state index contributed by atoms with van der Waals surface area (Å²) in [6.07, 6.45) is 4.82. The van der Waals surface area contributed by atoms with Crippen molar-refractivity contribution in [2.75, 3.05) is 26.2 Å². The molecule has 116 valence electrons. The second-order valence-corrected chi connectivity index (χ2v) is 7.09. The fourth-order valence-electron chi connectivity index (χ4n) is 4.00. The minimum absolute atomic E-state index is 0.301. The Kier molecular flexibility index (Phi) is 5.44. The minimum Gasteiger partial charge on any atom is -0.341 e. The van der Waals surface area contributed by atoms with Gasteiger partial charge in [-0.15, -0.1) is 0 Å². The molecule has 4 unspecified atom stereocenters. The molecule has 2 aliphatic rings. The van der Waals surface area contributed by atoms with E-state index in [9.17, 15) is 4.79 Å². The van der Waals surface area contributed by atoms with E-state index in [4.69, 9.17) is 5.73 Å². The average Bonchev–Trinajstić information content (AvgIpc) is 2.39. The van der Waals surface area contributed by atoms with Crippen molar-refractivity contribution >= 4 is 5.91 Å². The van der Waals surface area contributed by atoms with Crippen LogP contribution in [0.4, 0.5) is 0 Å². The van der Waals surface area contributed by atoms with E-state index in [0.29, 0.717) is 42.9 Å². The zero-order valence-electron chi connectivity index (χ0n) is 13.3. The standard InChI is InChI=1S/C16H31N3O/c1-12-7-13(2)10-18(9-12)16(20)11-19-14(3)5-4-6-15(19)8-17/h12-15H,4-11,17H2,1-3H3. The first-order valence-corrected chi connectivity index (χ1v) is 8.24. The predicted octanol–water partition coefficient (Wildman–Crippen LogP) is 1.69. The molecule has 4 atom stereocenters. The maximum absolute atomic E-state index is 12.6. The van der Waals surface area contributed by atoms with E-state index in [-0.39, 0.29) is 0 Å². The topological polar surface area (TPSA) is 49.6 Å². The Morgan fingerprint density at radius 3 is 2.40 bits per heavy atom. The van der Waals surface area contributed by atoms with Gasteiger partial charge in [-0.05, 0) is 38.0 Å². The van der Waals surface area contributed by atoms with Gasteiger partial charge in [0.05, 0.1) is 6.54 Å². The number of piperidine rings is 2. The van der Waals surface area contributed by atoms with Gasteiger partial charge >= 0.3 is 0 Å². The van der Waals surface area contributed by atoms with Crippen LogP contribution >= 0.6 is 0 Å². The van der Waals surface area contributed by atoms with E-state index in [2.05, 4.69) is 30.6 Å². The van der Waals surface area contributed by atoms with Crippen molar-refractivity contribution in [1.29, 1.82) is 0 Å². The summed E-state index contributed by atoms with van der Waals surface area (Å²) < 4.78 is 0. The Hall–Kier alpha value is -0.610. The first-order valence-electron chi connectivity index (χ1n) is 8.24. The number of hydrogen-bond donors (Lipinski definition) is 1. The fraction of sp³-hybridized carbons (Fsp3) is 0.938. The Balaban J connectivity index is 1.95.